The first-order valence-corrected chi connectivity index (χ1v) is 8.69. The number of carboxylic acids is 1. The maximum atomic E-state index is 12.2. The van der Waals surface area contributed by atoms with Gasteiger partial charge in [-0.25, -0.2) is 4.79 Å². The van der Waals surface area contributed by atoms with Crippen molar-refractivity contribution in [2.24, 2.45) is 0 Å². The van der Waals surface area contributed by atoms with Gasteiger partial charge in [-0.3, -0.25) is 0 Å². The number of hydrogen-bond acceptors (Lipinski definition) is 6. The predicted octanol–water partition coefficient (Wildman–Crippen LogP) is 2.93. The SMILES string of the molecule is COc1cc(C=CC(=O)O)ccc1OS(=O)(=O)c1cc(C)cs1. The van der Waals surface area contributed by atoms with Crippen LogP contribution in [0.4, 0.5) is 0 Å². The summed E-state index contributed by atoms with van der Waals surface area (Å²) < 4.78 is 34.8. The highest BCUT2D eigenvalue weighted by molar-refractivity contribution is 7.89. The summed E-state index contributed by atoms with van der Waals surface area (Å²) in [4.78, 5) is 10.5. The molecule has 8 heteroatoms. The molecule has 0 aliphatic rings. The maximum Gasteiger partial charge on any atom is 0.348 e. The summed E-state index contributed by atoms with van der Waals surface area (Å²) in [5, 5.41) is 10.3. The Balaban J connectivity index is 2.31. The van der Waals surface area contributed by atoms with Crippen LogP contribution in [0.5, 0.6) is 11.5 Å². The van der Waals surface area contributed by atoms with Gasteiger partial charge in [-0.15, -0.1) is 11.3 Å². The van der Waals surface area contributed by atoms with Crippen LogP contribution in [-0.4, -0.2) is 26.6 Å². The summed E-state index contributed by atoms with van der Waals surface area (Å²) in [6.45, 7) is 1.79. The van der Waals surface area contributed by atoms with Crippen molar-refractivity contribution >= 4 is 33.5 Å². The molecule has 1 heterocycles. The van der Waals surface area contributed by atoms with E-state index in [0.717, 1.165) is 23.0 Å². The molecular weight excluding hydrogens is 340 g/mol. The lowest BCUT2D eigenvalue weighted by Crippen LogP contribution is -2.09. The van der Waals surface area contributed by atoms with Gasteiger partial charge in [0.25, 0.3) is 0 Å². The molecule has 0 saturated carbocycles. The van der Waals surface area contributed by atoms with E-state index in [9.17, 15) is 13.2 Å². The molecule has 0 unspecified atom stereocenters. The molecule has 0 radical (unpaired) electrons. The van der Waals surface area contributed by atoms with Crippen molar-refractivity contribution in [2.45, 2.75) is 11.1 Å². The van der Waals surface area contributed by atoms with E-state index in [1.165, 1.54) is 37.5 Å². The van der Waals surface area contributed by atoms with E-state index in [4.69, 9.17) is 14.0 Å². The van der Waals surface area contributed by atoms with Crippen molar-refractivity contribution in [1.82, 2.24) is 0 Å². The largest absolute Gasteiger partial charge is 0.493 e. The second-order valence-corrected chi connectivity index (χ2v) is 7.25. The van der Waals surface area contributed by atoms with Crippen molar-refractivity contribution in [3.8, 4) is 11.5 Å². The Hall–Kier alpha value is -2.32. The van der Waals surface area contributed by atoms with E-state index < -0.39 is 16.1 Å². The van der Waals surface area contributed by atoms with E-state index in [1.54, 1.807) is 12.3 Å². The fourth-order valence-corrected chi connectivity index (χ4v) is 3.85. The normalized spacial score (nSPS) is 11.6. The fourth-order valence-electron chi connectivity index (χ4n) is 1.72. The molecule has 122 valence electrons. The van der Waals surface area contributed by atoms with E-state index in [-0.39, 0.29) is 15.7 Å². The molecule has 0 spiro atoms. The Morgan fingerprint density at radius 2 is 2.00 bits per heavy atom. The van der Waals surface area contributed by atoms with E-state index in [2.05, 4.69) is 0 Å². The number of carbonyl (C=O) groups is 1. The van der Waals surface area contributed by atoms with Gasteiger partial charge in [0.1, 0.15) is 0 Å². The summed E-state index contributed by atoms with van der Waals surface area (Å²) >= 11 is 1.07. The van der Waals surface area contributed by atoms with E-state index >= 15 is 0 Å². The molecule has 0 amide bonds. The molecule has 0 aliphatic carbocycles. The Morgan fingerprint density at radius 3 is 2.57 bits per heavy atom. The van der Waals surface area contributed by atoms with Crippen molar-refractivity contribution in [1.29, 1.82) is 0 Å². The third-order valence-corrected chi connectivity index (χ3v) is 5.51. The summed E-state index contributed by atoms with van der Waals surface area (Å²) in [6.07, 6.45) is 2.34. The third kappa shape index (κ3) is 4.33. The van der Waals surface area contributed by atoms with Gasteiger partial charge in [0, 0.05) is 6.08 Å². The van der Waals surface area contributed by atoms with Crippen LogP contribution < -0.4 is 8.92 Å². The van der Waals surface area contributed by atoms with E-state index in [1.807, 2.05) is 0 Å². The number of methoxy groups -OCH3 is 1. The number of thiophene rings is 1. The minimum absolute atomic E-state index is 0.0334. The van der Waals surface area contributed by atoms with Crippen LogP contribution >= 0.6 is 11.3 Å². The molecule has 2 rings (SSSR count). The van der Waals surface area contributed by atoms with Crippen molar-refractivity contribution < 1.29 is 27.2 Å². The van der Waals surface area contributed by atoms with Gasteiger partial charge in [0.05, 0.1) is 7.11 Å². The summed E-state index contributed by atoms with van der Waals surface area (Å²) in [7, 11) is -2.57. The molecule has 0 bridgehead atoms. The molecule has 0 atom stereocenters. The lowest BCUT2D eigenvalue weighted by atomic mass is 10.2. The number of aryl methyl sites for hydroxylation is 1. The minimum atomic E-state index is -3.94. The molecule has 1 aromatic carbocycles. The van der Waals surface area contributed by atoms with Crippen LogP contribution in [0.25, 0.3) is 6.08 Å². The summed E-state index contributed by atoms with van der Waals surface area (Å²) in [6, 6.07) is 5.96. The van der Waals surface area contributed by atoms with Crippen LogP contribution in [-0.2, 0) is 14.9 Å². The molecule has 0 saturated heterocycles. The minimum Gasteiger partial charge on any atom is -0.493 e. The third-order valence-electron chi connectivity index (χ3n) is 2.76. The Bertz CT molecular complexity index is 849. The molecular formula is C15H14O6S2. The average Bonchev–Trinajstić information content (AvgIpc) is 2.93. The zero-order valence-electron chi connectivity index (χ0n) is 12.3. The van der Waals surface area contributed by atoms with Crippen molar-refractivity contribution in [3.05, 3.63) is 46.8 Å². The first kappa shape index (κ1) is 17.0. The van der Waals surface area contributed by atoms with Gasteiger partial charge in [-0.1, -0.05) is 6.07 Å². The number of rotatable bonds is 6. The van der Waals surface area contributed by atoms with Gasteiger partial charge in [0.2, 0.25) is 0 Å². The average molecular weight is 354 g/mol. The van der Waals surface area contributed by atoms with Crippen LogP contribution in [0.1, 0.15) is 11.1 Å². The zero-order valence-corrected chi connectivity index (χ0v) is 14.0. The lowest BCUT2D eigenvalue weighted by Gasteiger charge is -2.10. The zero-order chi connectivity index (χ0) is 17.0. The number of carboxylic acid groups (broad SMARTS) is 1. The summed E-state index contributed by atoms with van der Waals surface area (Å²) in [5.41, 5.74) is 1.37. The number of aliphatic carboxylic acids is 1. The van der Waals surface area contributed by atoms with E-state index in [0.29, 0.717) is 5.56 Å². The first-order chi connectivity index (χ1) is 10.8. The fraction of sp³-hybridized carbons (Fsp3) is 0.133. The lowest BCUT2D eigenvalue weighted by molar-refractivity contribution is -0.131. The highest BCUT2D eigenvalue weighted by Gasteiger charge is 2.21. The maximum absolute atomic E-state index is 12.2. The predicted molar refractivity (Wildman–Crippen MR) is 86.5 cm³/mol. The molecule has 2 aromatic rings. The van der Waals surface area contributed by atoms with Gasteiger partial charge < -0.3 is 14.0 Å². The van der Waals surface area contributed by atoms with Gasteiger partial charge in [0.15, 0.2) is 15.7 Å². The second kappa shape index (κ2) is 6.84. The molecule has 6 nitrogen and oxygen atoms in total. The summed E-state index contributed by atoms with van der Waals surface area (Å²) in [5.74, 6) is -0.861. The highest BCUT2D eigenvalue weighted by Crippen LogP contribution is 2.32. The quantitative estimate of drug-likeness (QED) is 0.634. The van der Waals surface area contributed by atoms with Crippen LogP contribution in [0.2, 0.25) is 0 Å². The molecule has 0 fully saturated rings. The topological polar surface area (TPSA) is 89.9 Å². The standard InChI is InChI=1S/C15H14O6S2/c1-10-7-15(22-9-10)23(18,19)21-12-5-3-11(4-6-14(16)17)8-13(12)20-2/h3-9H,1-2H3,(H,16,17). The number of ether oxygens (including phenoxy) is 1. The van der Waals surface area contributed by atoms with Gasteiger partial charge >= 0.3 is 16.1 Å². The van der Waals surface area contributed by atoms with Crippen LogP contribution in [0, 0.1) is 6.92 Å². The highest BCUT2D eigenvalue weighted by atomic mass is 32.3. The van der Waals surface area contributed by atoms with Crippen LogP contribution in [0.15, 0.2) is 39.9 Å². The molecule has 0 aliphatic heterocycles. The Labute approximate surface area is 137 Å². The van der Waals surface area contributed by atoms with Crippen molar-refractivity contribution in [2.75, 3.05) is 7.11 Å². The smallest absolute Gasteiger partial charge is 0.348 e. The number of hydrogen-bond donors (Lipinski definition) is 1. The second-order valence-electron chi connectivity index (χ2n) is 4.56. The Kier molecular flexibility index (Phi) is 5.07. The van der Waals surface area contributed by atoms with Gasteiger partial charge in [-0.05, 0) is 47.7 Å². The van der Waals surface area contributed by atoms with Crippen molar-refractivity contribution in [3.63, 3.8) is 0 Å². The number of benzene rings is 1. The molecule has 1 aromatic heterocycles. The molecule has 23 heavy (non-hydrogen) atoms. The first-order valence-electron chi connectivity index (χ1n) is 6.40. The monoisotopic (exact) mass is 354 g/mol. The Morgan fingerprint density at radius 1 is 1.26 bits per heavy atom. The molecule has 1 N–H and O–H groups in total. The van der Waals surface area contributed by atoms with Crippen LogP contribution in [0.3, 0.4) is 0 Å². The van der Waals surface area contributed by atoms with Gasteiger partial charge in [-0.2, -0.15) is 8.42 Å².